The Morgan fingerprint density at radius 1 is 1.25 bits per heavy atom. The molecule has 0 N–H and O–H groups in total. The van der Waals surface area contributed by atoms with E-state index in [4.69, 9.17) is 9.47 Å². The average Bonchev–Trinajstić information content (AvgIpc) is 2.18. The normalized spacial score (nSPS) is 10.9. The topological polar surface area (TPSA) is 18.5 Å². The summed E-state index contributed by atoms with van der Waals surface area (Å²) in [5.74, 6) is 1.22. The van der Waals surface area contributed by atoms with Gasteiger partial charge in [-0.05, 0) is 17.7 Å². The van der Waals surface area contributed by atoms with E-state index in [0.717, 1.165) is 11.3 Å². The standard InChI is InChI=1S/C12H17O2.BrH.Mg/c1-10(2)8-14-9-11-4-6-12(13-3)7-5-11;;/h4-7,10H,1,8-9H2,2-3H3;1H;/q-1;;+2/p-1/t10-;;/m1../s1. The smallest absolute Gasteiger partial charge is 1.00 e. The Bertz CT molecular complexity index is 262. The van der Waals surface area contributed by atoms with Crippen LogP contribution in [0.15, 0.2) is 24.3 Å². The number of halogens is 1. The van der Waals surface area contributed by atoms with Crippen LogP contribution in [0.2, 0.25) is 0 Å². The molecule has 4 heteroatoms. The quantitative estimate of drug-likeness (QED) is 0.529. The van der Waals surface area contributed by atoms with E-state index in [1.807, 2.05) is 31.2 Å². The largest absolute Gasteiger partial charge is 2.00 e. The van der Waals surface area contributed by atoms with E-state index in [1.165, 1.54) is 0 Å². The maximum absolute atomic E-state index is 5.45. The van der Waals surface area contributed by atoms with Crippen LogP contribution in [0.4, 0.5) is 0 Å². The van der Waals surface area contributed by atoms with Crippen molar-refractivity contribution >= 4 is 23.1 Å². The fraction of sp³-hybridized carbons (Fsp3) is 0.417. The molecule has 0 aliphatic carbocycles. The molecule has 0 aliphatic heterocycles. The average molecular weight is 297 g/mol. The maximum atomic E-state index is 5.45. The van der Waals surface area contributed by atoms with Crippen LogP contribution in [0.5, 0.6) is 5.75 Å². The van der Waals surface area contributed by atoms with E-state index in [0.29, 0.717) is 19.1 Å². The number of rotatable bonds is 5. The monoisotopic (exact) mass is 296 g/mol. The van der Waals surface area contributed by atoms with Gasteiger partial charge < -0.3 is 33.4 Å². The molecule has 0 amide bonds. The van der Waals surface area contributed by atoms with Crippen molar-refractivity contribution < 1.29 is 26.5 Å². The van der Waals surface area contributed by atoms with Gasteiger partial charge in [-0.3, -0.25) is 0 Å². The van der Waals surface area contributed by atoms with Crippen molar-refractivity contribution in [3.63, 3.8) is 0 Å². The fourth-order valence-corrected chi connectivity index (χ4v) is 1.10. The van der Waals surface area contributed by atoms with Gasteiger partial charge in [0.05, 0.1) is 13.7 Å². The van der Waals surface area contributed by atoms with Gasteiger partial charge in [0.25, 0.3) is 0 Å². The van der Waals surface area contributed by atoms with Gasteiger partial charge in [-0.25, -0.2) is 0 Å². The van der Waals surface area contributed by atoms with Crippen molar-refractivity contribution in [2.24, 2.45) is 5.92 Å². The summed E-state index contributed by atoms with van der Waals surface area (Å²) in [4.78, 5) is 0. The summed E-state index contributed by atoms with van der Waals surface area (Å²) < 4.78 is 10.5. The van der Waals surface area contributed by atoms with Crippen molar-refractivity contribution in [2.45, 2.75) is 13.5 Å². The molecule has 0 unspecified atom stereocenters. The number of hydrogen-bond donors (Lipinski definition) is 0. The number of ether oxygens (including phenoxy) is 2. The molecule has 1 rings (SSSR count). The predicted octanol–water partition coefficient (Wildman–Crippen LogP) is -0.695. The van der Waals surface area contributed by atoms with Crippen LogP contribution >= 0.6 is 0 Å². The summed E-state index contributed by atoms with van der Waals surface area (Å²) in [7, 11) is 1.66. The van der Waals surface area contributed by atoms with Crippen LogP contribution in [-0.4, -0.2) is 36.8 Å². The van der Waals surface area contributed by atoms with E-state index in [1.54, 1.807) is 7.11 Å². The summed E-state index contributed by atoms with van der Waals surface area (Å²) >= 11 is 0. The molecule has 0 radical (unpaired) electrons. The number of methoxy groups -OCH3 is 1. The van der Waals surface area contributed by atoms with Gasteiger partial charge >= 0.3 is 23.1 Å². The van der Waals surface area contributed by atoms with Gasteiger partial charge in [-0.15, -0.1) is 5.92 Å². The molecule has 0 heterocycles. The summed E-state index contributed by atoms with van der Waals surface area (Å²) in [5.41, 5.74) is 1.16. The number of benzene rings is 1. The molecular weight excluding hydrogens is 280 g/mol. The van der Waals surface area contributed by atoms with Gasteiger partial charge in [0.2, 0.25) is 0 Å². The van der Waals surface area contributed by atoms with Crippen molar-refractivity contribution in [3.05, 3.63) is 36.8 Å². The molecule has 0 aliphatic rings. The van der Waals surface area contributed by atoms with Gasteiger partial charge in [-0.1, -0.05) is 19.1 Å². The Balaban J connectivity index is 0. The van der Waals surface area contributed by atoms with Crippen LogP contribution in [-0.2, 0) is 11.3 Å². The number of hydrogen-bond acceptors (Lipinski definition) is 2. The molecule has 0 fully saturated rings. The van der Waals surface area contributed by atoms with Gasteiger partial charge in [0.1, 0.15) is 5.75 Å². The zero-order valence-corrected chi connectivity index (χ0v) is 12.9. The Labute approximate surface area is 125 Å². The van der Waals surface area contributed by atoms with E-state index in [2.05, 4.69) is 6.92 Å². The Hall–Kier alpha value is 0.226. The first-order chi connectivity index (χ1) is 6.72. The van der Waals surface area contributed by atoms with Crippen LogP contribution in [0.1, 0.15) is 12.5 Å². The molecule has 16 heavy (non-hydrogen) atoms. The van der Waals surface area contributed by atoms with E-state index in [9.17, 15) is 0 Å². The second kappa shape index (κ2) is 10.4. The molecular formula is C12H17BrMgO2. The third-order valence-corrected chi connectivity index (χ3v) is 1.83. The molecule has 2 nitrogen and oxygen atoms in total. The molecule has 0 spiro atoms. The minimum absolute atomic E-state index is 0. The van der Waals surface area contributed by atoms with Crippen LogP contribution < -0.4 is 21.7 Å². The van der Waals surface area contributed by atoms with Gasteiger partial charge in [0, 0.05) is 6.61 Å². The Kier molecular flexibility index (Phi) is 12.1. The molecule has 1 aromatic rings. The predicted molar refractivity (Wildman–Crippen MR) is 62.9 cm³/mol. The first-order valence-corrected chi connectivity index (χ1v) is 4.76. The minimum atomic E-state index is 0. The Morgan fingerprint density at radius 3 is 2.25 bits per heavy atom. The second-order valence-electron chi connectivity index (χ2n) is 3.47. The van der Waals surface area contributed by atoms with Crippen LogP contribution in [0.25, 0.3) is 0 Å². The van der Waals surface area contributed by atoms with Crippen LogP contribution in [0.3, 0.4) is 0 Å². The zero-order valence-electron chi connectivity index (χ0n) is 9.91. The Morgan fingerprint density at radius 2 is 1.81 bits per heavy atom. The first-order valence-electron chi connectivity index (χ1n) is 4.76. The van der Waals surface area contributed by atoms with Gasteiger partial charge in [0.15, 0.2) is 0 Å². The summed E-state index contributed by atoms with van der Waals surface area (Å²) in [6.07, 6.45) is 0. The molecule has 1 aromatic carbocycles. The fourth-order valence-electron chi connectivity index (χ4n) is 1.10. The second-order valence-corrected chi connectivity index (χ2v) is 3.47. The SMILES string of the molecule is [Br-].[CH2-][C@H](C)COCc1ccc(OC)cc1.[Mg+2]. The molecule has 86 valence electrons. The van der Waals surface area contributed by atoms with Crippen LogP contribution in [0, 0.1) is 12.8 Å². The zero-order chi connectivity index (χ0) is 10.4. The molecule has 0 saturated heterocycles. The van der Waals surface area contributed by atoms with Crippen molar-refractivity contribution in [3.8, 4) is 5.75 Å². The maximum Gasteiger partial charge on any atom is 2.00 e. The third-order valence-electron chi connectivity index (χ3n) is 1.83. The van der Waals surface area contributed by atoms with Crippen molar-refractivity contribution in [1.29, 1.82) is 0 Å². The molecule has 0 aromatic heterocycles. The van der Waals surface area contributed by atoms with Crippen molar-refractivity contribution in [2.75, 3.05) is 13.7 Å². The minimum Gasteiger partial charge on any atom is -1.00 e. The first kappa shape index (κ1) is 18.6. The summed E-state index contributed by atoms with van der Waals surface area (Å²) in [6.45, 7) is 7.23. The molecule has 0 bridgehead atoms. The molecule has 1 atom stereocenters. The van der Waals surface area contributed by atoms with Crippen molar-refractivity contribution in [1.82, 2.24) is 0 Å². The van der Waals surface area contributed by atoms with E-state index < -0.39 is 0 Å². The molecule has 0 saturated carbocycles. The third kappa shape index (κ3) is 7.49. The summed E-state index contributed by atoms with van der Waals surface area (Å²) in [6, 6.07) is 7.89. The van der Waals surface area contributed by atoms with E-state index in [-0.39, 0.29) is 40.0 Å². The van der Waals surface area contributed by atoms with Gasteiger partial charge in [-0.2, -0.15) is 0 Å². The summed E-state index contributed by atoms with van der Waals surface area (Å²) in [5, 5.41) is 0. The van der Waals surface area contributed by atoms with E-state index >= 15 is 0 Å².